The topological polar surface area (TPSA) is 69.7 Å². The average molecular weight is 610 g/mol. The first kappa shape index (κ1) is 30.3. The molecule has 0 spiro atoms. The molecule has 0 aliphatic carbocycles. The Morgan fingerprint density at radius 2 is 1.59 bits per heavy atom. The van der Waals surface area contributed by atoms with Crippen LogP contribution in [0, 0.1) is 26.6 Å². The Bertz CT molecular complexity index is 1060. The minimum absolute atomic E-state index is 0.163. The summed E-state index contributed by atoms with van der Waals surface area (Å²) >= 11 is 12.2. The maximum atomic E-state index is 13.1. The monoisotopic (exact) mass is 608 g/mol. The Balaban J connectivity index is 0.000000445. The van der Waals surface area contributed by atoms with E-state index in [0.29, 0.717) is 4.47 Å². The summed E-state index contributed by atoms with van der Waals surface area (Å²) in [5.74, 6) is -0.204. The van der Waals surface area contributed by atoms with Crippen molar-refractivity contribution >= 4 is 78.0 Å². The SMILES string of the molecule is COC(=O)CS.COc1ccc(C)c(Br)c1F.Cc1cc2ccc(C)c(Br)c2s1.O=C=O. The van der Waals surface area contributed by atoms with Gasteiger partial charge in [-0.25, -0.2) is 4.39 Å². The zero-order valence-electron chi connectivity index (χ0n) is 18.1. The van der Waals surface area contributed by atoms with Crippen LogP contribution in [-0.4, -0.2) is 32.1 Å². The first-order valence-electron chi connectivity index (χ1n) is 8.88. The molecule has 0 fully saturated rings. The Morgan fingerprint density at radius 3 is 2.06 bits per heavy atom. The maximum Gasteiger partial charge on any atom is 0.373 e. The van der Waals surface area contributed by atoms with Gasteiger partial charge in [-0.2, -0.15) is 22.2 Å². The number of thiol groups is 1. The number of methoxy groups -OCH3 is 2. The van der Waals surface area contributed by atoms with E-state index in [1.165, 1.54) is 39.2 Å². The summed E-state index contributed by atoms with van der Waals surface area (Å²) in [5, 5.41) is 1.34. The zero-order valence-corrected chi connectivity index (χ0v) is 23.0. The third-order valence-corrected chi connectivity index (χ3v) is 7.36. The molecule has 1 aromatic heterocycles. The molecule has 10 heteroatoms. The van der Waals surface area contributed by atoms with E-state index in [2.05, 4.69) is 81.3 Å². The van der Waals surface area contributed by atoms with Crippen molar-refractivity contribution in [3.8, 4) is 5.75 Å². The molecule has 0 unspecified atom stereocenters. The van der Waals surface area contributed by atoms with Crippen LogP contribution in [0.5, 0.6) is 5.75 Å². The molecule has 1 heterocycles. The van der Waals surface area contributed by atoms with Crippen molar-refractivity contribution in [1.82, 2.24) is 0 Å². The second-order valence-electron chi connectivity index (χ2n) is 6.00. The molecule has 174 valence electrons. The third kappa shape index (κ3) is 9.83. The lowest BCUT2D eigenvalue weighted by Crippen LogP contribution is -1.99. The largest absolute Gasteiger partial charge is 0.494 e. The van der Waals surface area contributed by atoms with Crippen molar-refractivity contribution in [2.75, 3.05) is 20.0 Å². The first-order chi connectivity index (χ1) is 15.1. The lowest BCUT2D eigenvalue weighted by Gasteiger charge is -2.04. The fourth-order valence-corrected chi connectivity index (χ4v) is 4.21. The van der Waals surface area contributed by atoms with Gasteiger partial charge in [0.25, 0.3) is 0 Å². The predicted octanol–water partition coefficient (Wildman–Crippen LogP) is 6.69. The number of rotatable bonds is 2. The van der Waals surface area contributed by atoms with Gasteiger partial charge in [-0.1, -0.05) is 18.2 Å². The number of aryl methyl sites for hydroxylation is 3. The van der Waals surface area contributed by atoms with Crippen LogP contribution in [0.3, 0.4) is 0 Å². The number of carbonyl (C=O) groups excluding carboxylic acids is 3. The van der Waals surface area contributed by atoms with Gasteiger partial charge < -0.3 is 9.47 Å². The highest BCUT2D eigenvalue weighted by molar-refractivity contribution is 9.11. The van der Waals surface area contributed by atoms with E-state index >= 15 is 0 Å². The number of ether oxygens (including phenoxy) is 2. The predicted molar refractivity (Wildman–Crippen MR) is 135 cm³/mol. The summed E-state index contributed by atoms with van der Waals surface area (Å²) in [6.07, 6.45) is 0.250. The van der Waals surface area contributed by atoms with E-state index in [-0.39, 0.29) is 29.4 Å². The number of thiophene rings is 1. The van der Waals surface area contributed by atoms with Crippen molar-refractivity contribution in [3.05, 3.63) is 61.1 Å². The van der Waals surface area contributed by atoms with Crippen molar-refractivity contribution in [3.63, 3.8) is 0 Å². The summed E-state index contributed by atoms with van der Waals surface area (Å²) in [5.41, 5.74) is 2.17. The van der Waals surface area contributed by atoms with Gasteiger partial charge >= 0.3 is 12.1 Å². The quantitative estimate of drug-likeness (QED) is 0.259. The van der Waals surface area contributed by atoms with Gasteiger partial charge in [0.05, 0.1) is 24.4 Å². The lowest BCUT2D eigenvalue weighted by atomic mass is 10.2. The van der Waals surface area contributed by atoms with Gasteiger partial charge in [-0.15, -0.1) is 11.3 Å². The number of esters is 1. The van der Waals surface area contributed by atoms with Crippen molar-refractivity contribution in [2.45, 2.75) is 20.8 Å². The smallest absolute Gasteiger partial charge is 0.373 e. The Labute approximate surface area is 213 Å². The summed E-state index contributed by atoms with van der Waals surface area (Å²) < 4.78 is 25.1. The van der Waals surface area contributed by atoms with Crippen LogP contribution < -0.4 is 4.74 Å². The average Bonchev–Trinajstić information content (AvgIpc) is 3.17. The fourth-order valence-electron chi connectivity index (χ4n) is 2.15. The molecule has 3 aromatic rings. The van der Waals surface area contributed by atoms with Crippen LogP contribution in [0.1, 0.15) is 16.0 Å². The molecule has 0 aliphatic heterocycles. The van der Waals surface area contributed by atoms with Gasteiger partial charge in [-0.3, -0.25) is 4.79 Å². The van der Waals surface area contributed by atoms with E-state index in [4.69, 9.17) is 14.3 Å². The number of benzene rings is 2. The van der Waals surface area contributed by atoms with Crippen LogP contribution >= 0.6 is 55.8 Å². The summed E-state index contributed by atoms with van der Waals surface area (Å²) in [6.45, 7) is 6.09. The molecule has 2 aromatic carbocycles. The highest BCUT2D eigenvalue weighted by Gasteiger charge is 2.08. The molecule has 0 N–H and O–H groups in total. The molecule has 3 rings (SSSR count). The molecular weight excluding hydrogens is 587 g/mol. The van der Waals surface area contributed by atoms with Gasteiger partial charge in [0, 0.05) is 14.0 Å². The number of halogens is 3. The highest BCUT2D eigenvalue weighted by atomic mass is 79.9. The number of hydrogen-bond donors (Lipinski definition) is 1. The lowest BCUT2D eigenvalue weighted by molar-refractivity contribution is -0.191. The van der Waals surface area contributed by atoms with E-state index in [1.54, 1.807) is 12.1 Å². The third-order valence-electron chi connectivity index (χ3n) is 3.76. The van der Waals surface area contributed by atoms with Crippen molar-refractivity contribution < 1.29 is 28.2 Å². The van der Waals surface area contributed by atoms with Crippen molar-refractivity contribution in [2.24, 2.45) is 0 Å². The number of carbonyl (C=O) groups is 1. The minimum atomic E-state index is -0.340. The van der Waals surface area contributed by atoms with E-state index in [1.807, 2.05) is 18.3 Å². The Hall–Kier alpha value is -1.71. The fraction of sp³-hybridized carbons (Fsp3) is 0.273. The molecular formula is C22H23Br2FO5S2. The molecule has 0 saturated heterocycles. The van der Waals surface area contributed by atoms with Crippen LogP contribution in [0.25, 0.3) is 10.1 Å². The standard InChI is InChI=1S/C10H9BrS.C8H8BrFO.C3H6O2S.CO2/c1-6-3-4-8-5-7(2)12-10(8)9(6)11;1-5-3-4-6(11-2)8(10)7(5)9;1-5-3(4)2-6;2-1-3/h3-5H,1-2H3;3-4H,1-2H3;6H,2H2,1H3;. The van der Waals surface area contributed by atoms with Crippen LogP contribution in [0.4, 0.5) is 4.39 Å². The molecule has 0 amide bonds. The van der Waals surface area contributed by atoms with Crippen LogP contribution in [-0.2, 0) is 19.1 Å². The van der Waals surface area contributed by atoms with E-state index in [9.17, 15) is 9.18 Å². The molecule has 0 radical (unpaired) electrons. The molecule has 0 atom stereocenters. The summed E-state index contributed by atoms with van der Waals surface area (Å²) in [6, 6.07) is 9.96. The zero-order chi connectivity index (χ0) is 24.8. The van der Waals surface area contributed by atoms with Gasteiger partial charge in [-0.05, 0) is 81.3 Å². The normalized spacial score (nSPS) is 9.16. The Morgan fingerprint density at radius 1 is 1.06 bits per heavy atom. The van der Waals surface area contributed by atoms with E-state index < -0.39 is 0 Å². The molecule has 32 heavy (non-hydrogen) atoms. The Kier molecular flexibility index (Phi) is 15.1. The maximum absolute atomic E-state index is 13.1. The second-order valence-corrected chi connectivity index (χ2v) is 9.16. The van der Waals surface area contributed by atoms with Gasteiger partial charge in [0.1, 0.15) is 0 Å². The van der Waals surface area contributed by atoms with Gasteiger partial charge in [0.15, 0.2) is 11.6 Å². The van der Waals surface area contributed by atoms with E-state index in [0.717, 1.165) is 5.56 Å². The first-order valence-corrected chi connectivity index (χ1v) is 11.9. The molecule has 0 aliphatic rings. The number of fused-ring (bicyclic) bond motifs is 1. The minimum Gasteiger partial charge on any atom is -0.494 e. The van der Waals surface area contributed by atoms with Crippen LogP contribution in [0.15, 0.2) is 39.3 Å². The summed E-state index contributed by atoms with van der Waals surface area (Å²) in [7, 11) is 2.78. The molecule has 0 saturated carbocycles. The van der Waals surface area contributed by atoms with Crippen molar-refractivity contribution in [1.29, 1.82) is 0 Å². The summed E-state index contributed by atoms with van der Waals surface area (Å²) in [4.78, 5) is 27.5. The number of hydrogen-bond acceptors (Lipinski definition) is 7. The second kappa shape index (κ2) is 16.0. The highest BCUT2D eigenvalue weighted by Crippen LogP contribution is 2.33. The van der Waals surface area contributed by atoms with Gasteiger partial charge in [0.2, 0.25) is 0 Å². The molecule has 0 bridgehead atoms. The molecule has 5 nitrogen and oxygen atoms in total. The van der Waals surface area contributed by atoms with Crippen LogP contribution in [0.2, 0.25) is 0 Å².